The van der Waals surface area contributed by atoms with Gasteiger partial charge in [-0.15, -0.1) is 11.3 Å². The molecule has 1 aromatic heterocycles. The van der Waals surface area contributed by atoms with Gasteiger partial charge in [0.05, 0.1) is 0 Å². The van der Waals surface area contributed by atoms with Gasteiger partial charge in [-0.3, -0.25) is 4.79 Å². The minimum atomic E-state index is -3.84. The molecule has 0 aliphatic carbocycles. The molecule has 2 aromatic rings. The molecule has 1 aromatic carbocycles. The van der Waals surface area contributed by atoms with Gasteiger partial charge in [0.1, 0.15) is 10.3 Å². The van der Waals surface area contributed by atoms with Gasteiger partial charge in [0.2, 0.25) is 0 Å². The lowest BCUT2D eigenvalue weighted by Gasteiger charge is -2.14. The third-order valence-corrected chi connectivity index (χ3v) is 5.55. The molecule has 0 saturated carbocycles. The van der Waals surface area contributed by atoms with Crippen LogP contribution in [0.25, 0.3) is 0 Å². The molecule has 0 fully saturated rings. The van der Waals surface area contributed by atoms with Crippen molar-refractivity contribution in [3.63, 3.8) is 0 Å². The normalized spacial score (nSPS) is 13.1. The summed E-state index contributed by atoms with van der Waals surface area (Å²) in [7, 11) is -3.84. The van der Waals surface area contributed by atoms with Crippen LogP contribution in [0.5, 0.6) is 0 Å². The van der Waals surface area contributed by atoms with Crippen molar-refractivity contribution in [2.75, 3.05) is 0 Å². The Labute approximate surface area is 120 Å². The number of aliphatic carboxylic acids is 1. The summed E-state index contributed by atoms with van der Waals surface area (Å²) in [5, 5.41) is 9.22. The van der Waals surface area contributed by atoms with Crippen LogP contribution in [0.3, 0.4) is 0 Å². The first-order valence-electron chi connectivity index (χ1n) is 5.76. The summed E-state index contributed by atoms with van der Waals surface area (Å²) in [6.45, 7) is 1.79. The molecule has 2 rings (SSSR count). The quantitative estimate of drug-likeness (QED) is 0.886. The predicted molar refractivity (Wildman–Crippen MR) is 76.2 cm³/mol. The highest BCUT2D eigenvalue weighted by atomic mass is 32.2. The van der Waals surface area contributed by atoms with Gasteiger partial charge in [0, 0.05) is 4.88 Å². The maximum absolute atomic E-state index is 12.2. The van der Waals surface area contributed by atoms with Crippen molar-refractivity contribution in [1.82, 2.24) is 4.72 Å². The van der Waals surface area contributed by atoms with E-state index in [2.05, 4.69) is 4.72 Å². The van der Waals surface area contributed by atoms with E-state index < -0.39 is 22.0 Å². The third-order valence-electron chi connectivity index (χ3n) is 2.63. The summed E-state index contributed by atoms with van der Waals surface area (Å²) in [6, 6.07) is 10.0. The summed E-state index contributed by atoms with van der Waals surface area (Å²) in [5.41, 5.74) is 0.386. The smallest absolute Gasteiger partial charge is 0.326 e. The van der Waals surface area contributed by atoms with E-state index in [1.165, 1.54) is 6.07 Å². The number of hydrogen-bond acceptors (Lipinski definition) is 4. The van der Waals surface area contributed by atoms with Crippen molar-refractivity contribution in [3.05, 3.63) is 52.9 Å². The zero-order chi connectivity index (χ0) is 14.8. The number of benzene rings is 1. The van der Waals surface area contributed by atoms with Crippen molar-refractivity contribution < 1.29 is 18.3 Å². The van der Waals surface area contributed by atoms with Crippen LogP contribution in [0.4, 0.5) is 0 Å². The van der Waals surface area contributed by atoms with E-state index in [0.717, 1.165) is 16.2 Å². The average Bonchev–Trinajstić information content (AvgIpc) is 2.84. The molecule has 5 nitrogen and oxygen atoms in total. The standard InChI is InChI=1S/C13H13NO4S2/c1-9-7-8-11(19-9)20(17,18)14-12(13(15)16)10-5-3-2-4-6-10/h2-8,12,14H,1H3,(H,15,16)/t12-/m1/s1. The molecule has 20 heavy (non-hydrogen) atoms. The summed E-state index contributed by atoms with van der Waals surface area (Å²) in [4.78, 5) is 12.1. The van der Waals surface area contributed by atoms with Crippen LogP contribution >= 0.6 is 11.3 Å². The highest BCUT2D eigenvalue weighted by molar-refractivity contribution is 7.91. The second-order valence-electron chi connectivity index (χ2n) is 4.17. The predicted octanol–water partition coefficient (Wildman–Crippen LogP) is 2.16. The molecule has 0 aliphatic heterocycles. The van der Waals surface area contributed by atoms with E-state index in [0.29, 0.717) is 5.56 Å². The SMILES string of the molecule is Cc1ccc(S(=O)(=O)N[C@@H](C(=O)O)c2ccccc2)s1. The van der Waals surface area contributed by atoms with Crippen molar-refractivity contribution in [2.45, 2.75) is 17.2 Å². The molecule has 0 amide bonds. The maximum atomic E-state index is 12.2. The number of sulfonamides is 1. The number of aryl methyl sites for hydroxylation is 1. The van der Waals surface area contributed by atoms with Crippen LogP contribution < -0.4 is 4.72 Å². The summed E-state index contributed by atoms with van der Waals surface area (Å²) < 4.78 is 26.7. The van der Waals surface area contributed by atoms with Gasteiger partial charge < -0.3 is 5.11 Å². The highest BCUT2D eigenvalue weighted by Gasteiger charge is 2.27. The molecule has 0 unspecified atom stereocenters. The third kappa shape index (κ3) is 3.24. The topological polar surface area (TPSA) is 83.5 Å². The Morgan fingerprint density at radius 3 is 2.35 bits per heavy atom. The molecule has 0 saturated heterocycles. The molecule has 1 heterocycles. The van der Waals surface area contributed by atoms with Crippen molar-refractivity contribution >= 4 is 27.3 Å². The molecule has 1 atom stereocenters. The Morgan fingerprint density at radius 1 is 1.20 bits per heavy atom. The van der Waals surface area contributed by atoms with Crippen LogP contribution in [0.15, 0.2) is 46.7 Å². The Bertz CT molecular complexity index is 707. The number of rotatable bonds is 5. The minimum absolute atomic E-state index is 0.109. The van der Waals surface area contributed by atoms with Crippen LogP contribution in [0.2, 0.25) is 0 Å². The van der Waals surface area contributed by atoms with Gasteiger partial charge in [-0.25, -0.2) is 8.42 Å². The average molecular weight is 311 g/mol. The van der Waals surface area contributed by atoms with E-state index in [9.17, 15) is 18.3 Å². The zero-order valence-corrected chi connectivity index (χ0v) is 12.2. The molecule has 0 radical (unpaired) electrons. The first kappa shape index (κ1) is 14.7. The fourth-order valence-electron chi connectivity index (χ4n) is 1.68. The lowest BCUT2D eigenvalue weighted by Crippen LogP contribution is -2.33. The van der Waals surface area contributed by atoms with Crippen LogP contribution in [0.1, 0.15) is 16.5 Å². The second kappa shape index (κ2) is 5.74. The fraction of sp³-hybridized carbons (Fsp3) is 0.154. The Hall–Kier alpha value is -1.70. The van der Waals surface area contributed by atoms with Gasteiger partial charge in [0.15, 0.2) is 0 Å². The highest BCUT2D eigenvalue weighted by Crippen LogP contribution is 2.23. The molecular formula is C13H13NO4S2. The lowest BCUT2D eigenvalue weighted by molar-refractivity contribution is -0.139. The number of thiophene rings is 1. The van der Waals surface area contributed by atoms with Crippen molar-refractivity contribution in [3.8, 4) is 0 Å². The second-order valence-corrected chi connectivity index (χ2v) is 7.40. The monoisotopic (exact) mass is 311 g/mol. The van der Waals surface area contributed by atoms with Crippen molar-refractivity contribution in [2.24, 2.45) is 0 Å². The number of carboxylic acid groups (broad SMARTS) is 1. The Morgan fingerprint density at radius 2 is 1.85 bits per heavy atom. The van der Waals surface area contributed by atoms with Gasteiger partial charge in [0.25, 0.3) is 10.0 Å². The first-order chi connectivity index (χ1) is 9.40. The molecule has 0 aliphatic rings. The molecule has 7 heteroatoms. The number of carboxylic acids is 1. The lowest BCUT2D eigenvalue weighted by atomic mass is 10.1. The molecular weight excluding hydrogens is 298 g/mol. The van der Waals surface area contributed by atoms with E-state index in [-0.39, 0.29) is 4.21 Å². The van der Waals surface area contributed by atoms with Gasteiger partial charge in [-0.05, 0) is 24.6 Å². The number of nitrogens with one attached hydrogen (secondary N) is 1. The summed E-state index contributed by atoms with van der Waals surface area (Å²) in [5.74, 6) is -1.24. The van der Waals surface area contributed by atoms with Crippen LogP contribution in [-0.2, 0) is 14.8 Å². The molecule has 2 N–H and O–H groups in total. The summed E-state index contributed by atoms with van der Waals surface area (Å²) in [6.07, 6.45) is 0. The van der Waals surface area contributed by atoms with E-state index in [1.807, 2.05) is 0 Å². The number of hydrogen-bond donors (Lipinski definition) is 2. The van der Waals surface area contributed by atoms with E-state index in [1.54, 1.807) is 43.3 Å². The first-order valence-corrected chi connectivity index (χ1v) is 8.06. The molecule has 106 valence electrons. The largest absolute Gasteiger partial charge is 0.480 e. The van der Waals surface area contributed by atoms with E-state index in [4.69, 9.17) is 0 Å². The van der Waals surface area contributed by atoms with Crippen LogP contribution in [-0.4, -0.2) is 19.5 Å². The molecule has 0 bridgehead atoms. The number of carbonyl (C=O) groups is 1. The van der Waals surface area contributed by atoms with Gasteiger partial charge in [-0.2, -0.15) is 4.72 Å². The van der Waals surface area contributed by atoms with Crippen molar-refractivity contribution in [1.29, 1.82) is 0 Å². The van der Waals surface area contributed by atoms with Crippen LogP contribution in [0, 0.1) is 6.92 Å². The Kier molecular flexibility index (Phi) is 4.22. The van der Waals surface area contributed by atoms with Gasteiger partial charge in [-0.1, -0.05) is 30.3 Å². The zero-order valence-electron chi connectivity index (χ0n) is 10.6. The summed E-state index contributed by atoms with van der Waals surface area (Å²) >= 11 is 1.10. The minimum Gasteiger partial charge on any atom is -0.480 e. The molecule has 0 spiro atoms. The Balaban J connectivity index is 2.32. The maximum Gasteiger partial charge on any atom is 0.326 e. The van der Waals surface area contributed by atoms with Gasteiger partial charge >= 0.3 is 5.97 Å². The fourth-order valence-corrected chi connectivity index (χ4v) is 4.15. The van der Waals surface area contributed by atoms with E-state index >= 15 is 0 Å².